The average Bonchev–Trinajstić information content (AvgIpc) is 2.69. The van der Waals surface area contributed by atoms with Crippen molar-refractivity contribution in [1.29, 1.82) is 0 Å². The van der Waals surface area contributed by atoms with E-state index in [4.69, 9.17) is 16.3 Å². The Morgan fingerprint density at radius 1 is 1.47 bits per heavy atom. The van der Waals surface area contributed by atoms with Crippen LogP contribution in [0.2, 0.25) is 0 Å². The summed E-state index contributed by atoms with van der Waals surface area (Å²) in [4.78, 5) is 4.31. The van der Waals surface area contributed by atoms with Crippen molar-refractivity contribution in [3.05, 3.63) is 11.1 Å². The molecule has 4 heteroatoms. The van der Waals surface area contributed by atoms with Crippen LogP contribution in [0.3, 0.4) is 0 Å². The first-order valence-corrected chi connectivity index (χ1v) is 6.86. The zero-order valence-electron chi connectivity index (χ0n) is 8.91. The van der Waals surface area contributed by atoms with Gasteiger partial charge in [-0.05, 0) is 31.6 Å². The highest BCUT2D eigenvalue weighted by molar-refractivity contribution is 7.11. The molecule has 0 aromatic carbocycles. The minimum absolute atomic E-state index is 0.371. The van der Waals surface area contributed by atoms with Gasteiger partial charge in [0, 0.05) is 5.38 Å². The van der Waals surface area contributed by atoms with Crippen LogP contribution in [-0.4, -0.2) is 11.1 Å². The lowest BCUT2D eigenvalue weighted by Gasteiger charge is -2.25. The molecule has 1 aromatic rings. The smallest absolute Gasteiger partial charge is 0.273 e. The molecule has 0 saturated heterocycles. The molecule has 1 saturated carbocycles. The molecule has 0 atom stereocenters. The van der Waals surface area contributed by atoms with Crippen molar-refractivity contribution < 1.29 is 4.74 Å². The molecule has 0 N–H and O–H groups in total. The Kier molecular flexibility index (Phi) is 3.87. The van der Waals surface area contributed by atoms with E-state index in [1.165, 1.54) is 12.8 Å². The summed E-state index contributed by atoms with van der Waals surface area (Å²) in [6.07, 6.45) is 5.25. The predicted octanol–water partition coefficient (Wildman–Crippen LogP) is 3.84. The van der Waals surface area contributed by atoms with Crippen LogP contribution in [0.25, 0.3) is 0 Å². The summed E-state index contributed by atoms with van der Waals surface area (Å²) in [5.74, 6) is 1.33. The Balaban J connectivity index is 1.86. The average molecular weight is 246 g/mol. The monoisotopic (exact) mass is 245 g/mol. The Hall–Kier alpha value is -0.280. The van der Waals surface area contributed by atoms with E-state index in [9.17, 15) is 0 Å². The molecule has 84 valence electrons. The Labute approximate surface area is 99.6 Å². The van der Waals surface area contributed by atoms with Crippen LogP contribution in [0, 0.1) is 5.92 Å². The van der Waals surface area contributed by atoms with Gasteiger partial charge in [-0.25, -0.2) is 4.98 Å². The van der Waals surface area contributed by atoms with Gasteiger partial charge in [0.05, 0.1) is 11.6 Å². The molecular weight excluding hydrogens is 230 g/mol. The van der Waals surface area contributed by atoms with E-state index in [-0.39, 0.29) is 0 Å². The van der Waals surface area contributed by atoms with Crippen molar-refractivity contribution >= 4 is 22.9 Å². The van der Waals surface area contributed by atoms with Gasteiger partial charge in [0.2, 0.25) is 0 Å². The van der Waals surface area contributed by atoms with Crippen LogP contribution in [0.4, 0.5) is 0 Å². The van der Waals surface area contributed by atoms with Crippen LogP contribution in [0.5, 0.6) is 5.19 Å². The second kappa shape index (κ2) is 5.17. The molecule has 0 bridgehead atoms. The summed E-state index contributed by atoms with van der Waals surface area (Å²) in [5.41, 5.74) is 0.917. The highest BCUT2D eigenvalue weighted by atomic mass is 35.5. The Morgan fingerprint density at radius 2 is 2.20 bits per heavy atom. The summed E-state index contributed by atoms with van der Waals surface area (Å²) in [6, 6.07) is 0. The van der Waals surface area contributed by atoms with E-state index in [1.54, 1.807) is 11.3 Å². The number of hydrogen-bond donors (Lipinski definition) is 0. The van der Waals surface area contributed by atoms with E-state index in [0.717, 1.165) is 29.6 Å². The maximum Gasteiger partial charge on any atom is 0.273 e. The normalized spacial score (nSPS) is 26.5. The van der Waals surface area contributed by atoms with Gasteiger partial charge < -0.3 is 4.74 Å². The van der Waals surface area contributed by atoms with Gasteiger partial charge in [0.1, 0.15) is 6.10 Å². The first-order chi connectivity index (χ1) is 7.28. The number of thiazole rings is 1. The molecular formula is C11H16ClNOS. The van der Waals surface area contributed by atoms with Crippen molar-refractivity contribution in [2.45, 2.75) is 44.6 Å². The SMILES string of the molecule is CC1CCC(Oc2nc(CCl)cs2)CC1. The number of nitrogens with zero attached hydrogens (tertiary/aromatic N) is 1. The quantitative estimate of drug-likeness (QED) is 0.755. The lowest BCUT2D eigenvalue weighted by molar-refractivity contribution is 0.135. The molecule has 2 nitrogen and oxygen atoms in total. The van der Waals surface area contributed by atoms with Crippen LogP contribution in [-0.2, 0) is 5.88 Å². The second-order valence-corrected chi connectivity index (χ2v) is 5.33. The summed E-state index contributed by atoms with van der Waals surface area (Å²) in [5, 5.41) is 2.75. The summed E-state index contributed by atoms with van der Waals surface area (Å²) >= 11 is 7.24. The standard InChI is InChI=1S/C11H16ClNOS/c1-8-2-4-10(5-3-8)14-11-13-9(6-12)7-15-11/h7-8,10H,2-6H2,1H3. The topological polar surface area (TPSA) is 22.1 Å². The van der Waals surface area contributed by atoms with Gasteiger partial charge in [-0.1, -0.05) is 18.3 Å². The molecule has 1 aliphatic carbocycles. The highest BCUT2D eigenvalue weighted by Gasteiger charge is 2.20. The zero-order valence-corrected chi connectivity index (χ0v) is 10.5. The third kappa shape index (κ3) is 3.08. The van der Waals surface area contributed by atoms with Gasteiger partial charge in [0.15, 0.2) is 0 Å². The molecule has 0 spiro atoms. The van der Waals surface area contributed by atoms with Crippen LogP contribution in [0.1, 0.15) is 38.3 Å². The fourth-order valence-electron chi connectivity index (χ4n) is 1.89. The van der Waals surface area contributed by atoms with Gasteiger partial charge in [-0.2, -0.15) is 0 Å². The van der Waals surface area contributed by atoms with Crippen molar-refractivity contribution in [2.24, 2.45) is 5.92 Å². The largest absolute Gasteiger partial charge is 0.467 e. The molecule has 2 rings (SSSR count). The second-order valence-electron chi connectivity index (χ2n) is 4.24. The number of aromatic nitrogens is 1. The van der Waals surface area contributed by atoms with Gasteiger partial charge >= 0.3 is 0 Å². The molecule has 15 heavy (non-hydrogen) atoms. The number of ether oxygens (including phenoxy) is 1. The summed E-state index contributed by atoms with van der Waals surface area (Å²) < 4.78 is 5.83. The molecule has 0 unspecified atom stereocenters. The number of halogens is 1. The lowest BCUT2D eigenvalue weighted by atomic mass is 9.89. The fraction of sp³-hybridized carbons (Fsp3) is 0.727. The number of hydrogen-bond acceptors (Lipinski definition) is 3. The molecule has 0 aliphatic heterocycles. The van der Waals surface area contributed by atoms with Crippen molar-refractivity contribution in [1.82, 2.24) is 4.98 Å². The first kappa shape index (κ1) is 11.2. The Bertz CT molecular complexity index is 307. The van der Waals surface area contributed by atoms with Gasteiger partial charge in [-0.15, -0.1) is 11.6 Å². The molecule has 1 aromatic heterocycles. The van der Waals surface area contributed by atoms with Crippen molar-refractivity contribution in [3.63, 3.8) is 0 Å². The minimum atomic E-state index is 0.371. The third-order valence-corrected chi connectivity index (χ3v) is 3.95. The first-order valence-electron chi connectivity index (χ1n) is 5.45. The van der Waals surface area contributed by atoms with Crippen LogP contribution >= 0.6 is 22.9 Å². The predicted molar refractivity (Wildman–Crippen MR) is 63.7 cm³/mol. The van der Waals surface area contributed by atoms with E-state index >= 15 is 0 Å². The number of alkyl halides is 1. The van der Waals surface area contributed by atoms with Crippen molar-refractivity contribution in [3.8, 4) is 5.19 Å². The van der Waals surface area contributed by atoms with Gasteiger partial charge in [0.25, 0.3) is 5.19 Å². The molecule has 1 aliphatic rings. The highest BCUT2D eigenvalue weighted by Crippen LogP contribution is 2.28. The molecule has 0 radical (unpaired) electrons. The zero-order chi connectivity index (χ0) is 10.7. The molecule has 1 heterocycles. The maximum atomic E-state index is 5.83. The number of rotatable bonds is 3. The lowest BCUT2D eigenvalue weighted by Crippen LogP contribution is -2.22. The summed E-state index contributed by atoms with van der Waals surface area (Å²) in [6.45, 7) is 2.31. The van der Waals surface area contributed by atoms with E-state index in [1.807, 2.05) is 5.38 Å². The molecule has 0 amide bonds. The minimum Gasteiger partial charge on any atom is -0.467 e. The summed E-state index contributed by atoms with van der Waals surface area (Å²) in [7, 11) is 0. The third-order valence-electron chi connectivity index (χ3n) is 2.90. The molecule has 1 fully saturated rings. The van der Waals surface area contributed by atoms with Gasteiger partial charge in [-0.3, -0.25) is 0 Å². The Morgan fingerprint density at radius 3 is 2.80 bits per heavy atom. The fourth-order valence-corrected chi connectivity index (χ4v) is 2.86. The maximum absolute atomic E-state index is 5.83. The van der Waals surface area contributed by atoms with E-state index < -0.39 is 0 Å². The van der Waals surface area contributed by atoms with E-state index in [0.29, 0.717) is 12.0 Å². The van der Waals surface area contributed by atoms with Crippen molar-refractivity contribution in [2.75, 3.05) is 0 Å². The van der Waals surface area contributed by atoms with Crippen LogP contribution < -0.4 is 4.74 Å². The van der Waals surface area contributed by atoms with E-state index in [2.05, 4.69) is 11.9 Å². The van der Waals surface area contributed by atoms with Crippen LogP contribution in [0.15, 0.2) is 5.38 Å².